The molecule has 0 aromatic carbocycles. The van der Waals surface area contributed by atoms with Crippen molar-refractivity contribution in [1.29, 1.82) is 0 Å². The third-order valence-corrected chi connectivity index (χ3v) is 2.84. The molecule has 2 atom stereocenters. The number of β-amino-alcohol motifs (C(OH)–C–C–N with tert-alkyl or cyclic N) is 1. The molecule has 1 saturated heterocycles. The molecule has 1 spiro atoms. The summed E-state index contributed by atoms with van der Waals surface area (Å²) in [6.45, 7) is 0.557. The number of hydrogen-bond acceptors (Lipinski definition) is 3. The standard InChI is InChI=1S/C7H13NO2/c9-5-4-8-7(6(5)10)2-1-3-7/h5-6,8-10H,1-4H2/t5-,6-/m0/s1. The Kier molecular flexibility index (Phi) is 1.27. The second-order valence-electron chi connectivity index (χ2n) is 3.40. The van der Waals surface area contributed by atoms with Gasteiger partial charge in [0.2, 0.25) is 0 Å². The summed E-state index contributed by atoms with van der Waals surface area (Å²) in [6, 6.07) is 0. The number of hydrogen-bond donors (Lipinski definition) is 3. The van der Waals surface area contributed by atoms with E-state index in [1.54, 1.807) is 0 Å². The van der Waals surface area contributed by atoms with Crippen molar-refractivity contribution in [3.8, 4) is 0 Å². The van der Waals surface area contributed by atoms with Crippen LogP contribution in [0.15, 0.2) is 0 Å². The molecule has 0 aromatic rings. The van der Waals surface area contributed by atoms with Gasteiger partial charge in [-0.15, -0.1) is 0 Å². The van der Waals surface area contributed by atoms with Crippen LogP contribution < -0.4 is 5.32 Å². The maximum atomic E-state index is 9.46. The maximum absolute atomic E-state index is 9.46. The van der Waals surface area contributed by atoms with Gasteiger partial charge in [0.15, 0.2) is 0 Å². The van der Waals surface area contributed by atoms with Crippen molar-refractivity contribution in [3.63, 3.8) is 0 Å². The minimum atomic E-state index is -0.541. The molecule has 58 valence electrons. The molecule has 0 radical (unpaired) electrons. The van der Waals surface area contributed by atoms with Crippen LogP contribution in [0.2, 0.25) is 0 Å². The third-order valence-electron chi connectivity index (χ3n) is 2.84. The normalized spacial score (nSPS) is 43.8. The molecule has 1 heterocycles. The van der Waals surface area contributed by atoms with Crippen molar-refractivity contribution in [1.82, 2.24) is 5.32 Å². The number of nitrogens with one attached hydrogen (secondary N) is 1. The fraction of sp³-hybridized carbons (Fsp3) is 1.00. The molecule has 0 unspecified atom stereocenters. The van der Waals surface area contributed by atoms with Crippen LogP contribution in [-0.2, 0) is 0 Å². The summed E-state index contributed by atoms with van der Waals surface area (Å²) in [6.07, 6.45) is 2.15. The van der Waals surface area contributed by atoms with E-state index in [0.717, 1.165) is 12.8 Å². The lowest BCUT2D eigenvalue weighted by molar-refractivity contribution is -0.0169. The summed E-state index contributed by atoms with van der Waals surface area (Å²) in [4.78, 5) is 0. The summed E-state index contributed by atoms with van der Waals surface area (Å²) < 4.78 is 0. The van der Waals surface area contributed by atoms with Gasteiger partial charge in [-0.1, -0.05) is 0 Å². The molecule has 1 aliphatic heterocycles. The molecule has 2 fully saturated rings. The van der Waals surface area contributed by atoms with E-state index in [4.69, 9.17) is 0 Å². The molecule has 3 N–H and O–H groups in total. The van der Waals surface area contributed by atoms with Crippen molar-refractivity contribution in [2.45, 2.75) is 37.0 Å². The van der Waals surface area contributed by atoms with E-state index in [-0.39, 0.29) is 5.54 Å². The summed E-state index contributed by atoms with van der Waals surface area (Å²) in [5.74, 6) is 0. The first kappa shape index (κ1) is 6.58. The zero-order valence-electron chi connectivity index (χ0n) is 5.88. The molecule has 2 aliphatic rings. The zero-order valence-corrected chi connectivity index (χ0v) is 5.88. The van der Waals surface area contributed by atoms with Crippen molar-refractivity contribution < 1.29 is 10.2 Å². The lowest BCUT2D eigenvalue weighted by atomic mass is 9.74. The van der Waals surface area contributed by atoms with Gasteiger partial charge < -0.3 is 15.5 Å². The fourth-order valence-corrected chi connectivity index (χ4v) is 1.92. The van der Waals surface area contributed by atoms with Crippen LogP contribution in [0, 0.1) is 0 Å². The van der Waals surface area contributed by atoms with Gasteiger partial charge in [-0.05, 0) is 19.3 Å². The van der Waals surface area contributed by atoms with E-state index in [1.807, 2.05) is 0 Å². The Labute approximate surface area is 60.1 Å². The summed E-state index contributed by atoms with van der Waals surface area (Å²) in [7, 11) is 0. The number of rotatable bonds is 0. The lowest BCUT2D eigenvalue weighted by Crippen LogP contribution is -2.54. The number of aliphatic hydroxyl groups is 2. The SMILES string of the molecule is O[C@H]1CNC2(CCC2)[C@H]1O. The van der Waals surface area contributed by atoms with Gasteiger partial charge in [-0.25, -0.2) is 0 Å². The first-order valence-electron chi connectivity index (χ1n) is 3.86. The van der Waals surface area contributed by atoms with E-state index in [0.29, 0.717) is 6.54 Å². The fourth-order valence-electron chi connectivity index (χ4n) is 1.92. The largest absolute Gasteiger partial charge is 0.389 e. The van der Waals surface area contributed by atoms with E-state index < -0.39 is 12.2 Å². The number of aliphatic hydroxyl groups excluding tert-OH is 2. The van der Waals surface area contributed by atoms with Gasteiger partial charge in [0.25, 0.3) is 0 Å². The van der Waals surface area contributed by atoms with Gasteiger partial charge in [0.05, 0.1) is 12.2 Å². The summed E-state index contributed by atoms with van der Waals surface area (Å²) >= 11 is 0. The van der Waals surface area contributed by atoms with Crippen molar-refractivity contribution in [3.05, 3.63) is 0 Å². The van der Waals surface area contributed by atoms with Crippen LogP contribution in [0.25, 0.3) is 0 Å². The highest BCUT2D eigenvalue weighted by molar-refractivity contribution is 5.09. The molecule has 3 nitrogen and oxygen atoms in total. The minimum Gasteiger partial charge on any atom is -0.389 e. The quantitative estimate of drug-likeness (QED) is 0.417. The van der Waals surface area contributed by atoms with Crippen molar-refractivity contribution in [2.75, 3.05) is 6.54 Å². The van der Waals surface area contributed by atoms with E-state index >= 15 is 0 Å². The Bertz CT molecular complexity index is 145. The Balaban J connectivity index is 2.10. The molecule has 0 aromatic heterocycles. The molecule has 2 rings (SSSR count). The average molecular weight is 143 g/mol. The predicted octanol–water partition coefficient (Wildman–Crippen LogP) is -0.766. The van der Waals surface area contributed by atoms with Crippen LogP contribution in [0.4, 0.5) is 0 Å². The first-order chi connectivity index (χ1) is 4.75. The molecule has 1 saturated carbocycles. The van der Waals surface area contributed by atoms with E-state index in [2.05, 4.69) is 5.32 Å². The second-order valence-corrected chi connectivity index (χ2v) is 3.40. The van der Waals surface area contributed by atoms with Gasteiger partial charge >= 0.3 is 0 Å². The highest BCUT2D eigenvalue weighted by Crippen LogP contribution is 2.38. The van der Waals surface area contributed by atoms with Crippen LogP contribution in [-0.4, -0.2) is 34.5 Å². The molecule has 0 amide bonds. The molecular formula is C7H13NO2. The molecule has 10 heavy (non-hydrogen) atoms. The molecule has 1 aliphatic carbocycles. The van der Waals surface area contributed by atoms with E-state index in [9.17, 15) is 10.2 Å². The zero-order chi connectivity index (χ0) is 7.19. The van der Waals surface area contributed by atoms with Gasteiger partial charge in [-0.3, -0.25) is 0 Å². The highest BCUT2D eigenvalue weighted by Gasteiger charge is 2.50. The van der Waals surface area contributed by atoms with Crippen LogP contribution in [0.1, 0.15) is 19.3 Å². The Morgan fingerprint density at radius 3 is 2.20 bits per heavy atom. The van der Waals surface area contributed by atoms with Crippen LogP contribution in [0.3, 0.4) is 0 Å². The molecule has 3 heteroatoms. The Hall–Kier alpha value is -0.120. The first-order valence-corrected chi connectivity index (χ1v) is 3.86. The Morgan fingerprint density at radius 1 is 1.30 bits per heavy atom. The van der Waals surface area contributed by atoms with Gasteiger partial charge in [0, 0.05) is 12.1 Å². The molecular weight excluding hydrogens is 130 g/mol. The van der Waals surface area contributed by atoms with E-state index in [1.165, 1.54) is 6.42 Å². The van der Waals surface area contributed by atoms with Crippen LogP contribution >= 0.6 is 0 Å². The third kappa shape index (κ3) is 0.654. The summed E-state index contributed by atoms with van der Waals surface area (Å²) in [5.41, 5.74) is -0.0978. The predicted molar refractivity (Wildman–Crippen MR) is 36.6 cm³/mol. The van der Waals surface area contributed by atoms with Crippen molar-refractivity contribution >= 4 is 0 Å². The average Bonchev–Trinajstić information content (AvgIpc) is 2.10. The smallest absolute Gasteiger partial charge is 0.0992 e. The van der Waals surface area contributed by atoms with Gasteiger partial charge in [-0.2, -0.15) is 0 Å². The van der Waals surface area contributed by atoms with Crippen LogP contribution in [0.5, 0.6) is 0 Å². The highest BCUT2D eigenvalue weighted by atomic mass is 16.3. The maximum Gasteiger partial charge on any atom is 0.0992 e. The monoisotopic (exact) mass is 143 g/mol. The topological polar surface area (TPSA) is 52.5 Å². The minimum absolute atomic E-state index is 0.0978. The van der Waals surface area contributed by atoms with Crippen molar-refractivity contribution in [2.24, 2.45) is 0 Å². The van der Waals surface area contributed by atoms with Gasteiger partial charge in [0.1, 0.15) is 0 Å². The second kappa shape index (κ2) is 1.94. The lowest BCUT2D eigenvalue weighted by Gasteiger charge is -2.41. The summed E-state index contributed by atoms with van der Waals surface area (Å²) in [5, 5.41) is 21.8. The molecule has 0 bridgehead atoms. The Morgan fingerprint density at radius 2 is 2.00 bits per heavy atom.